The number of halogens is 1. The molecule has 2 aliphatic rings. The quantitative estimate of drug-likeness (QED) is 0.752. The Bertz CT molecular complexity index is 629. The molecule has 2 saturated heterocycles. The van der Waals surface area contributed by atoms with E-state index in [0.717, 1.165) is 34.9 Å². The molecule has 0 bridgehead atoms. The molecule has 5 nitrogen and oxygen atoms in total. The van der Waals surface area contributed by atoms with Crippen LogP contribution in [0.1, 0.15) is 5.56 Å². The van der Waals surface area contributed by atoms with E-state index in [1.807, 2.05) is 24.3 Å². The molecule has 2 aliphatic heterocycles. The van der Waals surface area contributed by atoms with Gasteiger partial charge in [-0.1, -0.05) is 34.1 Å². The van der Waals surface area contributed by atoms with Gasteiger partial charge in [0.2, 0.25) is 0 Å². The average Bonchev–Trinajstić information content (AvgIpc) is 2.78. The molecule has 22 heavy (non-hydrogen) atoms. The molecule has 0 radical (unpaired) electrons. The number of hydrogen-bond acceptors (Lipinski definition) is 5. The van der Waals surface area contributed by atoms with E-state index in [2.05, 4.69) is 20.8 Å². The highest BCUT2D eigenvalue weighted by Gasteiger charge is 2.36. The standard InChI is InChI=1S/C15H15BrN2O3S/c16-12-4-2-1-3-11(12)9-13-14(19)18(15(20)22-13)10-17-5-7-21-8-6-17/h1-4,9H,5-8,10H2/b13-9-. The summed E-state index contributed by atoms with van der Waals surface area (Å²) in [6.07, 6.45) is 1.76. The molecule has 0 aliphatic carbocycles. The minimum absolute atomic E-state index is 0.213. The lowest BCUT2D eigenvalue weighted by Gasteiger charge is -2.29. The highest BCUT2D eigenvalue weighted by molar-refractivity contribution is 9.10. The third-order valence-corrected chi connectivity index (χ3v) is 5.14. The minimum atomic E-state index is -0.225. The third-order valence-electron chi connectivity index (χ3n) is 3.51. The predicted molar refractivity (Wildman–Crippen MR) is 89.2 cm³/mol. The number of nitrogens with zero attached hydrogens (tertiary/aromatic N) is 2. The van der Waals surface area contributed by atoms with Gasteiger partial charge in [-0.3, -0.25) is 19.4 Å². The number of hydrogen-bond donors (Lipinski definition) is 0. The largest absolute Gasteiger partial charge is 0.379 e. The van der Waals surface area contributed by atoms with Crippen LogP contribution in [0, 0.1) is 0 Å². The SMILES string of the molecule is O=C1S/C(=C\c2ccccc2Br)C(=O)N1CN1CCOCC1. The second kappa shape index (κ2) is 6.95. The maximum atomic E-state index is 12.4. The second-order valence-electron chi connectivity index (χ2n) is 5.00. The van der Waals surface area contributed by atoms with Crippen molar-refractivity contribution in [3.8, 4) is 0 Å². The smallest absolute Gasteiger partial charge is 0.294 e. The van der Waals surface area contributed by atoms with Gasteiger partial charge in [0.25, 0.3) is 11.1 Å². The van der Waals surface area contributed by atoms with Crippen molar-refractivity contribution in [2.45, 2.75) is 0 Å². The van der Waals surface area contributed by atoms with Crippen LogP contribution in [0.15, 0.2) is 33.6 Å². The fraction of sp³-hybridized carbons (Fsp3) is 0.333. The molecule has 0 N–H and O–H groups in total. The second-order valence-corrected chi connectivity index (χ2v) is 6.85. The van der Waals surface area contributed by atoms with Gasteiger partial charge in [0.1, 0.15) is 0 Å². The lowest BCUT2D eigenvalue weighted by Crippen LogP contribution is -2.45. The molecule has 2 amide bonds. The van der Waals surface area contributed by atoms with Crippen molar-refractivity contribution in [3.05, 3.63) is 39.2 Å². The van der Waals surface area contributed by atoms with Gasteiger partial charge in [0.05, 0.1) is 24.8 Å². The number of carbonyl (C=O) groups excluding carboxylic acids is 2. The molecule has 0 spiro atoms. The molecule has 1 aromatic carbocycles. The molecule has 2 heterocycles. The lowest BCUT2D eigenvalue weighted by atomic mass is 10.2. The van der Waals surface area contributed by atoms with Crippen LogP contribution < -0.4 is 0 Å². The Morgan fingerprint density at radius 2 is 1.95 bits per heavy atom. The number of imide groups is 1. The first-order valence-electron chi connectivity index (χ1n) is 6.95. The summed E-state index contributed by atoms with van der Waals surface area (Å²) in [4.78, 5) is 28.4. The fourth-order valence-corrected chi connectivity index (χ4v) is 3.52. The van der Waals surface area contributed by atoms with E-state index in [4.69, 9.17) is 4.74 Å². The first kappa shape index (κ1) is 15.7. The van der Waals surface area contributed by atoms with Crippen molar-refractivity contribution in [1.29, 1.82) is 0 Å². The number of rotatable bonds is 3. The van der Waals surface area contributed by atoms with Crippen molar-refractivity contribution >= 4 is 44.9 Å². The summed E-state index contributed by atoms with van der Waals surface area (Å²) in [6, 6.07) is 7.62. The molecular formula is C15H15BrN2O3S. The van der Waals surface area contributed by atoms with Crippen molar-refractivity contribution in [2.24, 2.45) is 0 Å². The maximum absolute atomic E-state index is 12.4. The first-order valence-corrected chi connectivity index (χ1v) is 8.56. The Labute approximate surface area is 141 Å². The monoisotopic (exact) mass is 382 g/mol. The van der Waals surface area contributed by atoms with Crippen LogP contribution in [-0.4, -0.2) is 53.9 Å². The van der Waals surface area contributed by atoms with E-state index >= 15 is 0 Å². The van der Waals surface area contributed by atoms with Gasteiger partial charge in [0, 0.05) is 17.6 Å². The zero-order valence-electron chi connectivity index (χ0n) is 11.8. The maximum Gasteiger partial charge on any atom is 0.294 e. The van der Waals surface area contributed by atoms with Crippen LogP contribution in [0.5, 0.6) is 0 Å². The number of carbonyl (C=O) groups is 2. The first-order chi connectivity index (χ1) is 10.6. The van der Waals surface area contributed by atoms with Gasteiger partial charge in [-0.15, -0.1) is 0 Å². The average molecular weight is 383 g/mol. The topological polar surface area (TPSA) is 49.9 Å². The molecule has 116 valence electrons. The number of ether oxygens (including phenoxy) is 1. The number of amides is 2. The van der Waals surface area contributed by atoms with Gasteiger partial charge < -0.3 is 4.74 Å². The highest BCUT2D eigenvalue weighted by atomic mass is 79.9. The molecular weight excluding hydrogens is 368 g/mol. The van der Waals surface area contributed by atoms with Crippen molar-refractivity contribution in [3.63, 3.8) is 0 Å². The summed E-state index contributed by atoms with van der Waals surface area (Å²) in [5.41, 5.74) is 0.888. The Morgan fingerprint density at radius 3 is 2.68 bits per heavy atom. The van der Waals surface area contributed by atoms with Crippen molar-refractivity contribution in [1.82, 2.24) is 9.80 Å². The predicted octanol–water partition coefficient (Wildman–Crippen LogP) is 2.78. The summed E-state index contributed by atoms with van der Waals surface area (Å²) in [7, 11) is 0. The van der Waals surface area contributed by atoms with E-state index < -0.39 is 0 Å². The molecule has 0 saturated carbocycles. The van der Waals surface area contributed by atoms with Crippen LogP contribution in [0.25, 0.3) is 6.08 Å². The zero-order valence-corrected chi connectivity index (χ0v) is 14.2. The summed E-state index contributed by atoms with van der Waals surface area (Å²) in [5.74, 6) is -0.225. The Kier molecular flexibility index (Phi) is 4.97. The van der Waals surface area contributed by atoms with E-state index in [9.17, 15) is 9.59 Å². The van der Waals surface area contributed by atoms with E-state index in [1.165, 1.54) is 4.90 Å². The fourth-order valence-electron chi connectivity index (χ4n) is 2.30. The number of thioether (sulfide) groups is 1. The minimum Gasteiger partial charge on any atom is -0.379 e. The molecule has 0 unspecified atom stereocenters. The molecule has 1 aromatic rings. The summed E-state index contributed by atoms with van der Waals surface area (Å²) in [5, 5.41) is -0.213. The molecule has 0 atom stereocenters. The van der Waals surface area contributed by atoms with E-state index in [1.54, 1.807) is 6.08 Å². The summed E-state index contributed by atoms with van der Waals surface area (Å²) in [6.45, 7) is 3.10. The van der Waals surface area contributed by atoms with Gasteiger partial charge in [-0.2, -0.15) is 0 Å². The Morgan fingerprint density at radius 1 is 1.23 bits per heavy atom. The lowest BCUT2D eigenvalue weighted by molar-refractivity contribution is -0.125. The van der Waals surface area contributed by atoms with Crippen LogP contribution in [0.3, 0.4) is 0 Å². The van der Waals surface area contributed by atoms with Gasteiger partial charge in [-0.05, 0) is 29.5 Å². The molecule has 0 aromatic heterocycles. The number of benzene rings is 1. The molecule has 7 heteroatoms. The summed E-state index contributed by atoms with van der Waals surface area (Å²) >= 11 is 4.44. The van der Waals surface area contributed by atoms with Crippen LogP contribution >= 0.6 is 27.7 Å². The van der Waals surface area contributed by atoms with Gasteiger partial charge in [-0.25, -0.2) is 0 Å². The molecule has 3 rings (SSSR count). The summed E-state index contributed by atoms with van der Waals surface area (Å²) < 4.78 is 6.18. The van der Waals surface area contributed by atoms with Crippen LogP contribution in [0.4, 0.5) is 4.79 Å². The Balaban J connectivity index is 1.75. The number of morpholine rings is 1. The van der Waals surface area contributed by atoms with Crippen molar-refractivity contribution in [2.75, 3.05) is 33.0 Å². The third kappa shape index (κ3) is 3.43. The van der Waals surface area contributed by atoms with Crippen LogP contribution in [0.2, 0.25) is 0 Å². The molecule has 2 fully saturated rings. The van der Waals surface area contributed by atoms with Gasteiger partial charge in [0.15, 0.2) is 0 Å². The van der Waals surface area contributed by atoms with E-state index in [0.29, 0.717) is 24.8 Å². The zero-order chi connectivity index (χ0) is 15.5. The highest BCUT2D eigenvalue weighted by Crippen LogP contribution is 2.33. The Hall–Kier alpha value is -1.15. The normalized spacial score (nSPS) is 21.9. The van der Waals surface area contributed by atoms with Crippen molar-refractivity contribution < 1.29 is 14.3 Å². The van der Waals surface area contributed by atoms with E-state index in [-0.39, 0.29) is 11.1 Å². The van der Waals surface area contributed by atoms with Crippen LogP contribution in [-0.2, 0) is 9.53 Å². The van der Waals surface area contributed by atoms with Gasteiger partial charge >= 0.3 is 0 Å².